The van der Waals surface area contributed by atoms with Crippen LogP contribution in [-0.2, 0) is 15.8 Å². The van der Waals surface area contributed by atoms with Crippen LogP contribution in [0.2, 0.25) is 5.02 Å². The highest BCUT2D eigenvalue weighted by molar-refractivity contribution is 7.98. The van der Waals surface area contributed by atoms with Gasteiger partial charge in [0.05, 0.1) is 21.7 Å². The molecule has 0 radical (unpaired) electrons. The lowest BCUT2D eigenvalue weighted by atomic mass is 10.2. The fourth-order valence-electron chi connectivity index (χ4n) is 3.09. The van der Waals surface area contributed by atoms with Gasteiger partial charge in [0.25, 0.3) is 5.22 Å². The third-order valence-electron chi connectivity index (χ3n) is 4.68. The molecule has 0 saturated carbocycles. The summed E-state index contributed by atoms with van der Waals surface area (Å²) in [4.78, 5) is 7.95. The lowest BCUT2D eigenvalue weighted by molar-refractivity contribution is 0.445. The summed E-state index contributed by atoms with van der Waals surface area (Å²) in [6.45, 7) is 4.48. The molecule has 2 heterocycles. The minimum absolute atomic E-state index is 0.246. The predicted octanol–water partition coefficient (Wildman–Crippen LogP) is 4.59. The first-order valence-electron chi connectivity index (χ1n) is 9.61. The topological polar surface area (TPSA) is 105 Å². The molecule has 2 aromatic carbocycles. The van der Waals surface area contributed by atoms with Crippen molar-refractivity contribution in [3.8, 4) is 11.5 Å². The number of hydrogen-bond donors (Lipinski definition) is 1. The molecule has 0 fully saturated rings. The molecule has 0 aliphatic carbocycles. The van der Waals surface area contributed by atoms with Crippen molar-refractivity contribution in [1.29, 1.82) is 0 Å². The van der Waals surface area contributed by atoms with Crippen LogP contribution in [0.5, 0.6) is 0 Å². The molecule has 0 unspecified atom stereocenters. The first-order valence-corrected chi connectivity index (χ1v) is 12.4. The van der Waals surface area contributed by atoms with Crippen LogP contribution in [0.15, 0.2) is 57.0 Å². The maximum atomic E-state index is 12.7. The number of thioether (sulfide) groups is 1. The van der Waals surface area contributed by atoms with E-state index in [4.69, 9.17) is 16.0 Å². The molecular weight excluding hydrogens is 458 g/mol. The van der Waals surface area contributed by atoms with Gasteiger partial charge in [-0.05, 0) is 42.5 Å². The minimum Gasteiger partial charge on any atom is -0.411 e. The third-order valence-corrected chi connectivity index (χ3v) is 7.80. The van der Waals surface area contributed by atoms with E-state index in [1.165, 1.54) is 16.1 Å². The van der Waals surface area contributed by atoms with Gasteiger partial charge in [0, 0.05) is 23.7 Å². The molecule has 8 nitrogen and oxygen atoms in total. The lowest BCUT2D eigenvalue weighted by Gasteiger charge is -2.18. The summed E-state index contributed by atoms with van der Waals surface area (Å²) < 4.78 is 32.6. The van der Waals surface area contributed by atoms with Crippen molar-refractivity contribution in [2.24, 2.45) is 0 Å². The summed E-state index contributed by atoms with van der Waals surface area (Å²) in [7, 11) is -3.53. The van der Waals surface area contributed by atoms with Gasteiger partial charge in [-0.25, -0.2) is 13.4 Å². The molecule has 1 N–H and O–H groups in total. The second-order valence-corrected chi connectivity index (χ2v) is 9.92. The SMILES string of the molecule is CCN(CC)S(=O)(=O)c1ccc2nc(CSc3nnc(-c4ccc(Cl)cc4)o3)[nH]c2c1. The Balaban J connectivity index is 1.49. The van der Waals surface area contributed by atoms with Crippen LogP contribution < -0.4 is 0 Å². The van der Waals surface area contributed by atoms with Gasteiger partial charge in [-0.3, -0.25) is 0 Å². The first kappa shape index (κ1) is 21.8. The Labute approximate surface area is 189 Å². The van der Waals surface area contributed by atoms with Crippen molar-refractivity contribution in [2.45, 2.75) is 29.7 Å². The zero-order chi connectivity index (χ0) is 22.0. The summed E-state index contributed by atoms with van der Waals surface area (Å²) in [6.07, 6.45) is 0. The standard InChI is InChI=1S/C20H20ClN5O3S2/c1-3-26(4-2)31(27,28)15-9-10-16-17(11-15)23-18(22-16)12-30-20-25-24-19(29-20)13-5-7-14(21)8-6-13/h5-11H,3-4,12H2,1-2H3,(H,22,23). The summed E-state index contributed by atoms with van der Waals surface area (Å²) in [5, 5.41) is 9.16. The molecule has 4 aromatic rings. The average molecular weight is 478 g/mol. The van der Waals surface area contributed by atoms with Crippen LogP contribution >= 0.6 is 23.4 Å². The minimum atomic E-state index is -3.53. The van der Waals surface area contributed by atoms with Crippen molar-refractivity contribution in [1.82, 2.24) is 24.5 Å². The molecule has 0 atom stereocenters. The molecule has 0 aliphatic rings. The summed E-state index contributed by atoms with van der Waals surface area (Å²) in [5.41, 5.74) is 2.15. The van der Waals surface area contributed by atoms with E-state index >= 15 is 0 Å². The average Bonchev–Trinajstić information content (AvgIpc) is 3.39. The van der Waals surface area contributed by atoms with Gasteiger partial charge in [0.1, 0.15) is 5.82 Å². The molecule has 4 rings (SSSR count). The van der Waals surface area contributed by atoms with Gasteiger partial charge in [0.15, 0.2) is 0 Å². The maximum Gasteiger partial charge on any atom is 0.277 e. The highest BCUT2D eigenvalue weighted by atomic mass is 35.5. The van der Waals surface area contributed by atoms with E-state index < -0.39 is 10.0 Å². The van der Waals surface area contributed by atoms with E-state index in [9.17, 15) is 8.42 Å². The molecule has 2 aromatic heterocycles. The second kappa shape index (κ2) is 8.99. The van der Waals surface area contributed by atoms with Crippen molar-refractivity contribution in [3.63, 3.8) is 0 Å². The number of sulfonamides is 1. The third kappa shape index (κ3) is 4.62. The summed E-state index contributed by atoms with van der Waals surface area (Å²) >= 11 is 7.25. The Morgan fingerprint density at radius 3 is 2.55 bits per heavy atom. The number of fused-ring (bicyclic) bond motifs is 1. The number of H-pyrrole nitrogens is 1. The zero-order valence-electron chi connectivity index (χ0n) is 16.9. The van der Waals surface area contributed by atoms with E-state index in [1.54, 1.807) is 30.3 Å². The number of hydrogen-bond acceptors (Lipinski definition) is 7. The quantitative estimate of drug-likeness (QED) is 0.370. The van der Waals surface area contributed by atoms with Crippen molar-refractivity contribution in [3.05, 3.63) is 53.3 Å². The summed E-state index contributed by atoms with van der Waals surface area (Å²) in [6, 6.07) is 12.1. The molecule has 0 amide bonds. The molecule has 0 bridgehead atoms. The lowest BCUT2D eigenvalue weighted by Crippen LogP contribution is -2.30. The van der Waals surface area contributed by atoms with Crippen molar-refractivity contribution >= 4 is 44.4 Å². The Morgan fingerprint density at radius 2 is 1.84 bits per heavy atom. The normalized spacial score (nSPS) is 12.1. The summed E-state index contributed by atoms with van der Waals surface area (Å²) in [5.74, 6) is 1.56. The number of imidazole rings is 1. The van der Waals surface area contributed by atoms with E-state index in [0.717, 1.165) is 5.56 Å². The molecule has 11 heteroatoms. The largest absolute Gasteiger partial charge is 0.411 e. The van der Waals surface area contributed by atoms with Gasteiger partial charge >= 0.3 is 0 Å². The van der Waals surface area contributed by atoms with Crippen molar-refractivity contribution in [2.75, 3.05) is 13.1 Å². The number of nitrogens with one attached hydrogen (secondary N) is 1. The molecule has 31 heavy (non-hydrogen) atoms. The molecular formula is C20H20ClN5O3S2. The van der Waals surface area contributed by atoms with E-state index in [2.05, 4.69) is 20.2 Å². The van der Waals surface area contributed by atoms with Gasteiger partial charge in [0.2, 0.25) is 15.9 Å². The van der Waals surface area contributed by atoms with Gasteiger partial charge in [-0.2, -0.15) is 4.31 Å². The molecule has 0 saturated heterocycles. The van der Waals surface area contributed by atoms with Crippen LogP contribution in [0.1, 0.15) is 19.7 Å². The zero-order valence-corrected chi connectivity index (χ0v) is 19.3. The predicted molar refractivity (Wildman–Crippen MR) is 121 cm³/mol. The first-order chi connectivity index (χ1) is 14.9. The number of halogens is 1. The van der Waals surface area contributed by atoms with Gasteiger partial charge in [-0.15, -0.1) is 10.2 Å². The fraction of sp³-hybridized carbons (Fsp3) is 0.250. The second-order valence-electron chi connectivity index (χ2n) is 6.62. The van der Waals surface area contributed by atoms with Gasteiger partial charge in [-0.1, -0.05) is 37.2 Å². The van der Waals surface area contributed by atoms with Crippen LogP contribution in [0.4, 0.5) is 0 Å². The highest BCUT2D eigenvalue weighted by Gasteiger charge is 2.22. The highest BCUT2D eigenvalue weighted by Crippen LogP contribution is 2.27. The number of nitrogens with zero attached hydrogens (tertiary/aromatic N) is 4. The maximum absolute atomic E-state index is 12.7. The monoisotopic (exact) mass is 477 g/mol. The van der Waals surface area contributed by atoms with E-state index in [0.29, 0.717) is 51.8 Å². The Bertz CT molecular complexity index is 1300. The number of rotatable bonds is 8. The van der Waals surface area contributed by atoms with Crippen LogP contribution in [0.3, 0.4) is 0 Å². The Morgan fingerprint density at radius 1 is 1.10 bits per heavy atom. The van der Waals surface area contributed by atoms with Crippen LogP contribution in [0, 0.1) is 0 Å². The Hall–Kier alpha value is -2.40. The van der Waals surface area contributed by atoms with Crippen LogP contribution in [0.25, 0.3) is 22.5 Å². The number of aromatic amines is 1. The molecule has 162 valence electrons. The smallest absolute Gasteiger partial charge is 0.277 e. The van der Waals surface area contributed by atoms with Gasteiger partial charge < -0.3 is 9.40 Å². The number of benzene rings is 2. The van der Waals surface area contributed by atoms with E-state index in [-0.39, 0.29) is 4.90 Å². The molecule has 0 spiro atoms. The van der Waals surface area contributed by atoms with Crippen molar-refractivity contribution < 1.29 is 12.8 Å². The van der Waals surface area contributed by atoms with Crippen LogP contribution in [-0.4, -0.2) is 46.0 Å². The number of aromatic nitrogens is 4. The van der Waals surface area contributed by atoms with E-state index in [1.807, 2.05) is 26.0 Å². The Kier molecular flexibility index (Phi) is 6.33. The fourth-order valence-corrected chi connectivity index (χ4v) is 5.33. The molecule has 0 aliphatic heterocycles.